The van der Waals surface area contributed by atoms with Crippen molar-refractivity contribution in [2.24, 2.45) is 5.92 Å². The monoisotopic (exact) mass is 190 g/mol. The van der Waals surface area contributed by atoms with Crippen LogP contribution in [-0.2, 0) is 4.74 Å². The smallest absolute Gasteiger partial charge is 0.0693 e. The first-order chi connectivity index (χ1) is 5.58. The molecular formula is C10H19ClO. The van der Waals surface area contributed by atoms with Crippen molar-refractivity contribution in [3.63, 3.8) is 0 Å². The SMILES string of the molecule is CCC(C)C1(C)CC(Cl)CCO1. The zero-order valence-electron chi connectivity index (χ0n) is 8.27. The fourth-order valence-electron chi connectivity index (χ4n) is 1.80. The number of ether oxygens (including phenoxy) is 1. The second kappa shape index (κ2) is 3.97. The predicted molar refractivity (Wildman–Crippen MR) is 52.7 cm³/mol. The van der Waals surface area contributed by atoms with E-state index in [0.29, 0.717) is 11.3 Å². The summed E-state index contributed by atoms with van der Waals surface area (Å²) in [4.78, 5) is 0. The van der Waals surface area contributed by atoms with Crippen LogP contribution in [0.3, 0.4) is 0 Å². The normalized spacial score (nSPS) is 39.5. The van der Waals surface area contributed by atoms with Gasteiger partial charge in [-0.3, -0.25) is 0 Å². The van der Waals surface area contributed by atoms with Crippen LogP contribution in [0.1, 0.15) is 40.0 Å². The molecule has 1 heterocycles. The molecule has 72 valence electrons. The fraction of sp³-hybridized carbons (Fsp3) is 1.00. The summed E-state index contributed by atoms with van der Waals surface area (Å²) in [5.74, 6) is 0.610. The Morgan fingerprint density at radius 1 is 1.67 bits per heavy atom. The number of hydrogen-bond acceptors (Lipinski definition) is 1. The topological polar surface area (TPSA) is 9.23 Å². The molecule has 3 atom stereocenters. The highest BCUT2D eigenvalue weighted by Gasteiger charge is 2.36. The molecule has 1 aliphatic rings. The Labute approximate surface area is 80.4 Å². The van der Waals surface area contributed by atoms with Crippen LogP contribution in [0.2, 0.25) is 0 Å². The molecule has 0 aliphatic carbocycles. The van der Waals surface area contributed by atoms with Gasteiger partial charge in [-0.25, -0.2) is 0 Å². The highest BCUT2D eigenvalue weighted by molar-refractivity contribution is 6.20. The quantitative estimate of drug-likeness (QED) is 0.608. The van der Waals surface area contributed by atoms with Crippen LogP contribution in [0.25, 0.3) is 0 Å². The standard InChI is InChI=1S/C10H19ClO/c1-4-8(2)10(3)7-9(11)5-6-12-10/h8-9H,4-7H2,1-3H3. The maximum Gasteiger partial charge on any atom is 0.0693 e. The number of halogens is 1. The summed E-state index contributed by atoms with van der Waals surface area (Å²) in [7, 11) is 0. The second-order valence-electron chi connectivity index (χ2n) is 4.06. The van der Waals surface area contributed by atoms with Crippen molar-refractivity contribution in [1.29, 1.82) is 0 Å². The summed E-state index contributed by atoms with van der Waals surface area (Å²) in [5.41, 5.74) is 0.0272. The van der Waals surface area contributed by atoms with Gasteiger partial charge in [0.05, 0.1) is 5.60 Å². The molecular weight excluding hydrogens is 172 g/mol. The van der Waals surface area contributed by atoms with Crippen molar-refractivity contribution >= 4 is 11.6 Å². The van der Waals surface area contributed by atoms with Crippen molar-refractivity contribution in [2.45, 2.75) is 51.0 Å². The van der Waals surface area contributed by atoms with Gasteiger partial charge < -0.3 is 4.74 Å². The van der Waals surface area contributed by atoms with Gasteiger partial charge in [0.2, 0.25) is 0 Å². The van der Waals surface area contributed by atoms with Crippen molar-refractivity contribution in [3.05, 3.63) is 0 Å². The van der Waals surface area contributed by atoms with Crippen molar-refractivity contribution < 1.29 is 4.74 Å². The van der Waals surface area contributed by atoms with E-state index in [2.05, 4.69) is 20.8 Å². The molecule has 0 amide bonds. The number of hydrogen-bond donors (Lipinski definition) is 0. The average molecular weight is 191 g/mol. The van der Waals surface area contributed by atoms with Crippen LogP contribution in [0, 0.1) is 5.92 Å². The first-order valence-corrected chi connectivity index (χ1v) is 5.30. The maximum atomic E-state index is 6.12. The van der Waals surface area contributed by atoms with Crippen molar-refractivity contribution in [3.8, 4) is 0 Å². The van der Waals surface area contributed by atoms with Crippen molar-refractivity contribution in [2.75, 3.05) is 6.61 Å². The molecule has 1 fully saturated rings. The zero-order valence-corrected chi connectivity index (χ0v) is 9.03. The lowest BCUT2D eigenvalue weighted by Gasteiger charge is -2.40. The molecule has 0 spiro atoms. The predicted octanol–water partition coefficient (Wildman–Crippen LogP) is 3.21. The van der Waals surface area contributed by atoms with E-state index in [1.165, 1.54) is 6.42 Å². The Morgan fingerprint density at radius 3 is 2.83 bits per heavy atom. The van der Waals surface area contributed by atoms with Crippen LogP contribution in [-0.4, -0.2) is 17.6 Å². The molecule has 1 rings (SSSR count). The molecule has 0 aromatic carbocycles. The Morgan fingerprint density at radius 2 is 2.33 bits per heavy atom. The number of alkyl halides is 1. The highest BCUT2D eigenvalue weighted by atomic mass is 35.5. The van der Waals surface area contributed by atoms with E-state index in [0.717, 1.165) is 19.4 Å². The molecule has 0 bridgehead atoms. The average Bonchev–Trinajstić information content (AvgIpc) is 2.02. The largest absolute Gasteiger partial charge is 0.375 e. The van der Waals surface area contributed by atoms with E-state index < -0.39 is 0 Å². The van der Waals surface area contributed by atoms with Gasteiger partial charge in [-0.15, -0.1) is 11.6 Å². The van der Waals surface area contributed by atoms with Crippen LogP contribution in [0.4, 0.5) is 0 Å². The fourth-order valence-corrected chi connectivity index (χ4v) is 2.19. The summed E-state index contributed by atoms with van der Waals surface area (Å²) >= 11 is 6.12. The minimum atomic E-state index is 0.0272. The first-order valence-electron chi connectivity index (χ1n) is 4.86. The first kappa shape index (κ1) is 10.3. The molecule has 0 aromatic heterocycles. The molecule has 3 unspecified atom stereocenters. The van der Waals surface area contributed by atoms with E-state index in [1.807, 2.05) is 0 Å². The molecule has 0 N–H and O–H groups in total. The van der Waals surface area contributed by atoms with Gasteiger partial charge in [0.1, 0.15) is 0 Å². The molecule has 0 saturated carbocycles. The van der Waals surface area contributed by atoms with Gasteiger partial charge >= 0.3 is 0 Å². The van der Waals surface area contributed by atoms with Gasteiger partial charge in [-0.2, -0.15) is 0 Å². The summed E-state index contributed by atoms with van der Waals surface area (Å²) in [5, 5.41) is 0.317. The molecule has 0 aromatic rings. The third-order valence-corrected chi connectivity index (χ3v) is 3.52. The lowest BCUT2D eigenvalue weighted by atomic mass is 9.82. The molecule has 1 nitrogen and oxygen atoms in total. The van der Waals surface area contributed by atoms with Gasteiger partial charge in [0.15, 0.2) is 0 Å². The summed E-state index contributed by atoms with van der Waals surface area (Å²) < 4.78 is 5.80. The summed E-state index contributed by atoms with van der Waals surface area (Å²) in [6.45, 7) is 7.47. The van der Waals surface area contributed by atoms with E-state index in [9.17, 15) is 0 Å². The van der Waals surface area contributed by atoms with E-state index in [-0.39, 0.29) is 5.60 Å². The molecule has 1 saturated heterocycles. The Bertz CT molecular complexity index is 149. The Balaban J connectivity index is 2.56. The molecule has 1 aliphatic heterocycles. The second-order valence-corrected chi connectivity index (χ2v) is 4.68. The molecule has 0 radical (unpaired) electrons. The van der Waals surface area contributed by atoms with Gasteiger partial charge in [-0.1, -0.05) is 20.3 Å². The van der Waals surface area contributed by atoms with Gasteiger partial charge in [0.25, 0.3) is 0 Å². The minimum Gasteiger partial charge on any atom is -0.375 e. The third-order valence-electron chi connectivity index (χ3n) is 3.14. The van der Waals surface area contributed by atoms with E-state index >= 15 is 0 Å². The molecule has 12 heavy (non-hydrogen) atoms. The summed E-state index contributed by atoms with van der Waals surface area (Å²) in [6, 6.07) is 0. The van der Waals surface area contributed by atoms with Crippen LogP contribution < -0.4 is 0 Å². The Hall–Kier alpha value is 0.250. The maximum absolute atomic E-state index is 6.12. The van der Waals surface area contributed by atoms with Gasteiger partial charge in [0, 0.05) is 12.0 Å². The van der Waals surface area contributed by atoms with Crippen LogP contribution >= 0.6 is 11.6 Å². The summed E-state index contributed by atoms with van der Waals surface area (Å²) in [6.07, 6.45) is 3.18. The highest BCUT2D eigenvalue weighted by Crippen LogP contribution is 2.35. The van der Waals surface area contributed by atoms with Crippen LogP contribution in [0.15, 0.2) is 0 Å². The number of rotatable bonds is 2. The van der Waals surface area contributed by atoms with E-state index in [4.69, 9.17) is 16.3 Å². The van der Waals surface area contributed by atoms with Gasteiger partial charge in [-0.05, 0) is 25.7 Å². The minimum absolute atomic E-state index is 0.0272. The third kappa shape index (κ3) is 2.14. The lowest BCUT2D eigenvalue weighted by molar-refractivity contribution is -0.0981. The Kier molecular flexibility index (Phi) is 3.42. The zero-order chi connectivity index (χ0) is 9.19. The lowest BCUT2D eigenvalue weighted by Crippen LogP contribution is -2.42. The van der Waals surface area contributed by atoms with Crippen LogP contribution in [0.5, 0.6) is 0 Å². The van der Waals surface area contributed by atoms with E-state index in [1.54, 1.807) is 0 Å². The molecule has 2 heteroatoms. The van der Waals surface area contributed by atoms with Crippen molar-refractivity contribution in [1.82, 2.24) is 0 Å².